The van der Waals surface area contributed by atoms with E-state index in [1.165, 1.54) is 19.1 Å². The van der Waals surface area contributed by atoms with E-state index in [1.807, 2.05) is 20.8 Å². The fourth-order valence-corrected chi connectivity index (χ4v) is 2.71. The number of benzene rings is 1. The zero-order chi connectivity index (χ0) is 14.0. The fraction of sp³-hybridized carbons (Fsp3) is 0.462. The molecule has 1 N–H and O–H groups in total. The van der Waals surface area contributed by atoms with Gasteiger partial charge in [0.2, 0.25) is 5.91 Å². The molecule has 0 bridgehead atoms. The minimum Gasteiger partial charge on any atom is -0.350 e. The number of nitrogens with one attached hydrogen (secondary N) is 1. The van der Waals surface area contributed by atoms with Crippen molar-refractivity contribution in [2.45, 2.75) is 43.4 Å². The van der Waals surface area contributed by atoms with Crippen molar-refractivity contribution < 1.29 is 13.2 Å². The van der Waals surface area contributed by atoms with Gasteiger partial charge in [-0.25, -0.2) is 8.42 Å². The molecule has 18 heavy (non-hydrogen) atoms. The van der Waals surface area contributed by atoms with E-state index >= 15 is 0 Å². The number of hydrogen-bond donors (Lipinski definition) is 1. The Kier molecular flexibility index (Phi) is 4.16. The lowest BCUT2D eigenvalue weighted by Gasteiger charge is -2.23. The van der Waals surface area contributed by atoms with Gasteiger partial charge in [-0.3, -0.25) is 4.79 Å². The monoisotopic (exact) mass is 269 g/mol. The molecule has 1 aromatic rings. The number of hydrogen-bond acceptors (Lipinski definition) is 3. The molecule has 0 aromatic heterocycles. The highest BCUT2D eigenvalue weighted by molar-refractivity contribution is 7.92. The molecule has 1 unspecified atom stereocenters. The van der Waals surface area contributed by atoms with E-state index in [0.29, 0.717) is 0 Å². The van der Waals surface area contributed by atoms with Crippen molar-refractivity contribution in [2.75, 3.05) is 0 Å². The van der Waals surface area contributed by atoms with E-state index in [1.54, 1.807) is 18.2 Å². The lowest BCUT2D eigenvalue weighted by molar-refractivity contribution is -0.121. The molecular weight excluding hydrogens is 250 g/mol. The van der Waals surface area contributed by atoms with Gasteiger partial charge in [0, 0.05) is 5.54 Å². The van der Waals surface area contributed by atoms with Crippen LogP contribution in [0.2, 0.25) is 0 Å². The Morgan fingerprint density at radius 2 is 1.67 bits per heavy atom. The van der Waals surface area contributed by atoms with Gasteiger partial charge in [0.15, 0.2) is 9.84 Å². The van der Waals surface area contributed by atoms with Crippen LogP contribution in [-0.2, 0) is 14.6 Å². The molecule has 1 atom stereocenters. The van der Waals surface area contributed by atoms with Crippen LogP contribution in [0.4, 0.5) is 0 Å². The molecule has 0 aliphatic carbocycles. The van der Waals surface area contributed by atoms with E-state index in [2.05, 4.69) is 5.32 Å². The smallest absolute Gasteiger partial charge is 0.238 e. The summed E-state index contributed by atoms with van der Waals surface area (Å²) in [4.78, 5) is 12.1. The second-order valence-electron chi connectivity index (χ2n) is 5.24. The number of carbonyl (C=O) groups is 1. The van der Waals surface area contributed by atoms with Crippen LogP contribution in [0.3, 0.4) is 0 Å². The van der Waals surface area contributed by atoms with E-state index in [9.17, 15) is 13.2 Å². The molecule has 0 saturated heterocycles. The van der Waals surface area contributed by atoms with Gasteiger partial charge in [-0.1, -0.05) is 18.2 Å². The molecular formula is C13H19NO3S. The highest BCUT2D eigenvalue weighted by Crippen LogP contribution is 2.16. The molecule has 0 radical (unpaired) electrons. The predicted molar refractivity (Wildman–Crippen MR) is 71.0 cm³/mol. The molecule has 100 valence electrons. The second-order valence-corrected chi connectivity index (χ2v) is 7.51. The van der Waals surface area contributed by atoms with Crippen molar-refractivity contribution in [3.05, 3.63) is 30.3 Å². The van der Waals surface area contributed by atoms with E-state index in [-0.39, 0.29) is 4.90 Å². The summed E-state index contributed by atoms with van der Waals surface area (Å²) in [7, 11) is -3.62. The first-order valence-corrected chi connectivity index (χ1v) is 7.30. The van der Waals surface area contributed by atoms with Gasteiger partial charge >= 0.3 is 0 Å². The van der Waals surface area contributed by atoms with E-state index in [4.69, 9.17) is 0 Å². The van der Waals surface area contributed by atoms with Gasteiger partial charge in [-0.2, -0.15) is 0 Å². The fourth-order valence-electron chi connectivity index (χ4n) is 1.43. The van der Waals surface area contributed by atoms with Crippen LogP contribution in [-0.4, -0.2) is 25.1 Å². The molecule has 1 amide bonds. The van der Waals surface area contributed by atoms with Gasteiger partial charge < -0.3 is 5.32 Å². The van der Waals surface area contributed by atoms with Crippen molar-refractivity contribution in [1.29, 1.82) is 0 Å². The van der Waals surface area contributed by atoms with Crippen LogP contribution < -0.4 is 5.32 Å². The molecule has 5 heteroatoms. The topological polar surface area (TPSA) is 63.2 Å². The summed E-state index contributed by atoms with van der Waals surface area (Å²) < 4.78 is 24.4. The molecule has 0 spiro atoms. The molecule has 0 fully saturated rings. The normalized spacial score (nSPS) is 14.0. The number of sulfone groups is 1. The van der Waals surface area contributed by atoms with Gasteiger partial charge in [0.1, 0.15) is 5.25 Å². The Bertz CT molecular complexity index is 515. The first kappa shape index (κ1) is 14.7. The number of amides is 1. The standard InChI is InChI=1S/C13H19NO3S/c1-10(12(15)14-13(2,3)4)18(16,17)11-8-6-5-7-9-11/h5-10H,1-4H3,(H,14,15). The first-order chi connectivity index (χ1) is 8.14. The molecule has 1 rings (SSSR count). The van der Waals surface area contributed by atoms with Crippen molar-refractivity contribution in [2.24, 2.45) is 0 Å². The summed E-state index contributed by atoms with van der Waals surface area (Å²) in [5, 5.41) is 1.58. The third-order valence-corrected chi connectivity index (χ3v) is 4.48. The largest absolute Gasteiger partial charge is 0.350 e. The van der Waals surface area contributed by atoms with E-state index in [0.717, 1.165) is 0 Å². The summed E-state index contributed by atoms with van der Waals surface area (Å²) in [5.74, 6) is -0.480. The average Bonchev–Trinajstić information content (AvgIpc) is 2.27. The third-order valence-electron chi connectivity index (χ3n) is 2.40. The lowest BCUT2D eigenvalue weighted by Crippen LogP contribution is -2.47. The van der Waals surface area contributed by atoms with Gasteiger partial charge in [-0.15, -0.1) is 0 Å². The summed E-state index contributed by atoms with van der Waals surface area (Å²) in [6, 6.07) is 8.01. The Hall–Kier alpha value is -1.36. The van der Waals surface area contributed by atoms with Crippen LogP contribution in [0, 0.1) is 0 Å². The first-order valence-electron chi connectivity index (χ1n) is 5.75. The van der Waals surface area contributed by atoms with Crippen LogP contribution in [0.15, 0.2) is 35.2 Å². The summed E-state index contributed by atoms with van der Waals surface area (Å²) in [6.45, 7) is 6.84. The maximum absolute atomic E-state index is 12.2. The zero-order valence-electron chi connectivity index (χ0n) is 11.1. The highest BCUT2D eigenvalue weighted by Gasteiger charge is 2.31. The summed E-state index contributed by atoms with van der Waals surface area (Å²) >= 11 is 0. The molecule has 0 aliphatic heterocycles. The zero-order valence-corrected chi connectivity index (χ0v) is 11.9. The molecule has 0 heterocycles. The second kappa shape index (κ2) is 5.10. The highest BCUT2D eigenvalue weighted by atomic mass is 32.2. The van der Waals surface area contributed by atoms with Crippen molar-refractivity contribution >= 4 is 15.7 Å². The van der Waals surface area contributed by atoms with Crippen LogP contribution >= 0.6 is 0 Å². The third kappa shape index (κ3) is 3.57. The van der Waals surface area contributed by atoms with Crippen LogP contribution in [0.5, 0.6) is 0 Å². The van der Waals surface area contributed by atoms with Crippen LogP contribution in [0.25, 0.3) is 0 Å². The molecule has 1 aromatic carbocycles. The Balaban J connectivity index is 2.97. The Morgan fingerprint density at radius 3 is 2.11 bits per heavy atom. The quantitative estimate of drug-likeness (QED) is 0.909. The maximum Gasteiger partial charge on any atom is 0.238 e. The minimum atomic E-state index is -3.62. The SMILES string of the molecule is CC(C(=O)NC(C)(C)C)S(=O)(=O)c1ccccc1. The van der Waals surface area contributed by atoms with Gasteiger partial charge in [0.05, 0.1) is 4.90 Å². The Labute approximate surface area is 108 Å². The summed E-state index contributed by atoms with van der Waals surface area (Å²) in [6.07, 6.45) is 0. The molecule has 4 nitrogen and oxygen atoms in total. The van der Waals surface area contributed by atoms with Crippen molar-refractivity contribution in [3.63, 3.8) is 0 Å². The van der Waals surface area contributed by atoms with Crippen LogP contribution in [0.1, 0.15) is 27.7 Å². The minimum absolute atomic E-state index is 0.168. The van der Waals surface area contributed by atoms with Gasteiger partial charge in [0.25, 0.3) is 0 Å². The summed E-state index contributed by atoms with van der Waals surface area (Å²) in [5.41, 5.74) is -0.447. The number of rotatable bonds is 3. The Morgan fingerprint density at radius 1 is 1.17 bits per heavy atom. The predicted octanol–water partition coefficient (Wildman–Crippen LogP) is 1.76. The van der Waals surface area contributed by atoms with Crippen molar-refractivity contribution in [1.82, 2.24) is 5.32 Å². The van der Waals surface area contributed by atoms with Gasteiger partial charge in [-0.05, 0) is 39.8 Å². The van der Waals surface area contributed by atoms with Crippen molar-refractivity contribution in [3.8, 4) is 0 Å². The van der Waals surface area contributed by atoms with E-state index < -0.39 is 26.5 Å². The average molecular weight is 269 g/mol. The molecule has 0 saturated carbocycles. The lowest BCUT2D eigenvalue weighted by atomic mass is 10.1. The molecule has 0 aliphatic rings. The maximum atomic E-state index is 12.2. The number of carbonyl (C=O) groups excluding carboxylic acids is 1.